The largest absolute Gasteiger partial charge is 0.480 e. The first-order valence-corrected chi connectivity index (χ1v) is 14.9. The lowest BCUT2D eigenvalue weighted by atomic mass is 9.83. The van der Waals surface area contributed by atoms with Gasteiger partial charge in [-0.05, 0) is 55.6 Å². The second-order valence-electron chi connectivity index (χ2n) is 11.7. The monoisotopic (exact) mass is 519 g/mol. The molecule has 0 radical (unpaired) electrons. The van der Waals surface area contributed by atoms with Crippen molar-refractivity contribution in [1.82, 2.24) is 19.8 Å². The van der Waals surface area contributed by atoms with E-state index >= 15 is 0 Å². The van der Waals surface area contributed by atoms with Crippen molar-refractivity contribution < 1.29 is 9.90 Å². The average Bonchev–Trinajstić information content (AvgIpc) is 3.36. The lowest BCUT2D eigenvalue weighted by Crippen LogP contribution is -2.48. The lowest BCUT2D eigenvalue weighted by molar-refractivity contribution is -0.145. The molecule has 0 spiro atoms. The van der Waals surface area contributed by atoms with Gasteiger partial charge >= 0.3 is 5.97 Å². The zero-order valence-corrected chi connectivity index (χ0v) is 23.0. The van der Waals surface area contributed by atoms with Gasteiger partial charge in [-0.1, -0.05) is 56.5 Å². The SMILES string of the molecule is CCCN(c1ncccn1)C1CCN(C[C@H]2CN(C(C(=O)O)C3CCCCC3)C[C@@H]2c2ccccc2)CC1. The average molecular weight is 520 g/mol. The molecule has 7 nitrogen and oxygen atoms in total. The van der Waals surface area contributed by atoms with E-state index in [0.717, 1.165) is 77.3 Å². The molecule has 2 aromatic rings. The van der Waals surface area contributed by atoms with Crippen molar-refractivity contribution >= 4 is 11.9 Å². The second-order valence-corrected chi connectivity index (χ2v) is 11.7. The summed E-state index contributed by atoms with van der Waals surface area (Å²) in [5.41, 5.74) is 1.36. The molecule has 3 heterocycles. The van der Waals surface area contributed by atoms with Gasteiger partial charge in [0.05, 0.1) is 0 Å². The number of anilines is 1. The molecule has 2 aliphatic heterocycles. The molecule has 0 amide bonds. The highest BCUT2D eigenvalue weighted by Crippen LogP contribution is 2.38. The van der Waals surface area contributed by atoms with Gasteiger partial charge in [0.2, 0.25) is 5.95 Å². The Morgan fingerprint density at radius 2 is 1.71 bits per heavy atom. The smallest absolute Gasteiger partial charge is 0.321 e. The van der Waals surface area contributed by atoms with Crippen molar-refractivity contribution in [3.8, 4) is 0 Å². The molecular weight excluding hydrogens is 474 g/mol. The van der Waals surface area contributed by atoms with Crippen LogP contribution in [0.4, 0.5) is 5.95 Å². The Balaban J connectivity index is 1.26. The van der Waals surface area contributed by atoms with E-state index in [1.807, 2.05) is 18.5 Å². The number of hydrogen-bond donors (Lipinski definition) is 1. The summed E-state index contributed by atoms with van der Waals surface area (Å²) in [5.74, 6) is 1.35. The molecule has 1 aliphatic carbocycles. The molecular formula is C31H45N5O2. The van der Waals surface area contributed by atoms with Crippen LogP contribution in [0.15, 0.2) is 48.8 Å². The zero-order chi connectivity index (χ0) is 26.3. The number of carboxylic acid groups (broad SMARTS) is 1. The number of carboxylic acids is 1. The van der Waals surface area contributed by atoms with Crippen molar-refractivity contribution in [3.63, 3.8) is 0 Å². The summed E-state index contributed by atoms with van der Waals surface area (Å²) in [7, 11) is 0. The Hall–Kier alpha value is -2.51. The fourth-order valence-electron chi connectivity index (χ4n) is 7.37. The molecule has 1 unspecified atom stereocenters. The van der Waals surface area contributed by atoms with Crippen LogP contribution in [0.25, 0.3) is 0 Å². The standard InChI is InChI=1S/C31H45N5O2/c1-2-18-36(31-32-16-9-17-33-31)27-14-19-34(20-15-27)21-26-22-35(23-28(26)24-10-5-3-6-11-24)29(30(37)38)25-12-7-4-8-13-25/h3,5-6,9-11,16-17,25-29H,2,4,7-8,12-15,18-23H2,1H3,(H,37,38)/t26-,28+,29?/m0/s1. The summed E-state index contributed by atoms with van der Waals surface area (Å²) in [6, 6.07) is 12.8. The number of rotatable bonds is 10. The van der Waals surface area contributed by atoms with Gasteiger partial charge in [0.1, 0.15) is 6.04 Å². The third-order valence-electron chi connectivity index (χ3n) is 9.20. The minimum atomic E-state index is -0.621. The van der Waals surface area contributed by atoms with E-state index in [1.54, 1.807) is 0 Å². The Morgan fingerprint density at radius 1 is 1.00 bits per heavy atom. The Kier molecular flexibility index (Phi) is 9.28. The molecule has 1 aromatic carbocycles. The normalized spacial score (nSPS) is 24.9. The van der Waals surface area contributed by atoms with Crippen molar-refractivity contribution in [3.05, 3.63) is 54.4 Å². The molecule has 0 bridgehead atoms. The molecule has 7 heteroatoms. The fraction of sp³-hybridized carbons (Fsp3) is 0.645. The molecule has 1 aromatic heterocycles. The van der Waals surface area contributed by atoms with Crippen LogP contribution in [-0.2, 0) is 4.79 Å². The molecule has 206 valence electrons. The van der Waals surface area contributed by atoms with Crippen molar-refractivity contribution in [2.45, 2.75) is 76.3 Å². The summed E-state index contributed by atoms with van der Waals surface area (Å²) in [6.07, 6.45) is 12.7. The van der Waals surface area contributed by atoms with Crippen molar-refractivity contribution in [2.24, 2.45) is 11.8 Å². The van der Waals surface area contributed by atoms with Gasteiger partial charge in [0.15, 0.2) is 0 Å². The van der Waals surface area contributed by atoms with Gasteiger partial charge in [-0.25, -0.2) is 9.97 Å². The van der Waals surface area contributed by atoms with E-state index < -0.39 is 5.97 Å². The number of carbonyl (C=O) groups is 1. The zero-order valence-electron chi connectivity index (χ0n) is 23.0. The van der Waals surface area contributed by atoms with E-state index in [2.05, 4.69) is 61.9 Å². The Labute approximate surface area is 228 Å². The van der Waals surface area contributed by atoms with Gasteiger partial charge in [-0.15, -0.1) is 0 Å². The molecule has 3 atom stereocenters. The first kappa shape index (κ1) is 27.1. The molecule has 1 saturated carbocycles. The number of piperidine rings is 1. The van der Waals surface area contributed by atoms with E-state index in [4.69, 9.17) is 0 Å². The van der Waals surface area contributed by atoms with Crippen LogP contribution in [-0.4, -0.2) is 82.2 Å². The predicted octanol–water partition coefficient (Wildman–Crippen LogP) is 4.91. The minimum Gasteiger partial charge on any atom is -0.480 e. The van der Waals surface area contributed by atoms with E-state index in [-0.39, 0.29) is 12.0 Å². The highest BCUT2D eigenvalue weighted by Gasteiger charge is 2.43. The number of benzene rings is 1. The van der Waals surface area contributed by atoms with Crippen LogP contribution >= 0.6 is 0 Å². The quantitative estimate of drug-likeness (QED) is 0.478. The van der Waals surface area contributed by atoms with Crippen LogP contribution in [0, 0.1) is 11.8 Å². The topological polar surface area (TPSA) is 72.8 Å². The van der Waals surface area contributed by atoms with Gasteiger partial charge in [-0.3, -0.25) is 9.69 Å². The summed E-state index contributed by atoms with van der Waals surface area (Å²) in [4.78, 5) is 29.0. The second kappa shape index (κ2) is 13.0. The van der Waals surface area contributed by atoms with Crippen LogP contribution in [0.2, 0.25) is 0 Å². The van der Waals surface area contributed by atoms with Crippen molar-refractivity contribution in [2.75, 3.05) is 44.2 Å². The third kappa shape index (κ3) is 6.37. The summed E-state index contributed by atoms with van der Waals surface area (Å²) in [6.45, 7) is 8.12. The van der Waals surface area contributed by atoms with Gasteiger partial charge in [-0.2, -0.15) is 0 Å². The number of hydrogen-bond acceptors (Lipinski definition) is 6. The van der Waals surface area contributed by atoms with Crippen LogP contribution in [0.3, 0.4) is 0 Å². The van der Waals surface area contributed by atoms with Crippen molar-refractivity contribution in [1.29, 1.82) is 0 Å². The maximum atomic E-state index is 12.5. The van der Waals surface area contributed by atoms with Crippen LogP contribution in [0.5, 0.6) is 0 Å². The Bertz CT molecular complexity index is 992. The minimum absolute atomic E-state index is 0.289. The number of likely N-dealkylation sites (tertiary alicyclic amines) is 2. The fourth-order valence-corrected chi connectivity index (χ4v) is 7.37. The Morgan fingerprint density at radius 3 is 2.37 bits per heavy atom. The first-order valence-electron chi connectivity index (χ1n) is 14.9. The first-order chi connectivity index (χ1) is 18.6. The van der Waals surface area contributed by atoms with Crippen LogP contribution < -0.4 is 4.90 Å². The summed E-state index contributed by atoms with van der Waals surface area (Å²) < 4.78 is 0. The lowest BCUT2D eigenvalue weighted by Gasteiger charge is -2.39. The van der Waals surface area contributed by atoms with Gasteiger partial charge in [0.25, 0.3) is 0 Å². The molecule has 3 fully saturated rings. The predicted molar refractivity (Wildman–Crippen MR) is 151 cm³/mol. The molecule has 1 N–H and O–H groups in total. The van der Waals surface area contributed by atoms with Gasteiger partial charge < -0.3 is 14.9 Å². The number of nitrogens with zero attached hydrogens (tertiary/aromatic N) is 5. The maximum absolute atomic E-state index is 12.5. The van der Waals surface area contributed by atoms with E-state index in [0.29, 0.717) is 17.9 Å². The number of aliphatic carboxylic acids is 1. The van der Waals surface area contributed by atoms with E-state index in [9.17, 15) is 9.90 Å². The van der Waals surface area contributed by atoms with E-state index in [1.165, 1.54) is 24.8 Å². The number of aromatic nitrogens is 2. The van der Waals surface area contributed by atoms with Crippen LogP contribution in [0.1, 0.15) is 69.8 Å². The molecule has 5 rings (SSSR count). The summed E-state index contributed by atoms with van der Waals surface area (Å²) in [5, 5.41) is 10.3. The summed E-state index contributed by atoms with van der Waals surface area (Å²) >= 11 is 0. The van der Waals surface area contributed by atoms with Gasteiger partial charge in [0, 0.05) is 63.6 Å². The highest BCUT2D eigenvalue weighted by molar-refractivity contribution is 5.74. The molecule has 2 saturated heterocycles. The third-order valence-corrected chi connectivity index (χ3v) is 9.20. The maximum Gasteiger partial charge on any atom is 0.321 e. The highest BCUT2D eigenvalue weighted by atomic mass is 16.4. The molecule has 38 heavy (non-hydrogen) atoms. The molecule has 3 aliphatic rings.